The smallest absolute Gasteiger partial charge is 0.341 e. The first-order valence-electron chi connectivity index (χ1n) is 10.2. The van der Waals surface area contributed by atoms with Crippen LogP contribution in [0.1, 0.15) is 40.0 Å². The van der Waals surface area contributed by atoms with Gasteiger partial charge < -0.3 is 9.80 Å². The number of hydrogen-bond donors (Lipinski definition) is 0. The van der Waals surface area contributed by atoms with Gasteiger partial charge in [0.15, 0.2) is 0 Å². The number of urea groups is 1. The first-order chi connectivity index (χ1) is 13.8. The molecular weight excluding hydrogens is 374 g/mol. The lowest BCUT2D eigenvalue weighted by molar-refractivity contribution is -0.141. The molecule has 0 saturated carbocycles. The minimum Gasteiger partial charge on any atom is -0.341 e. The van der Waals surface area contributed by atoms with Crippen LogP contribution in [0, 0.1) is 5.92 Å². The minimum absolute atomic E-state index is 0.0791. The van der Waals surface area contributed by atoms with E-state index in [0.717, 1.165) is 0 Å². The molecule has 0 aromatic carbocycles. The molecule has 1 aromatic rings. The van der Waals surface area contributed by atoms with Gasteiger partial charge >= 0.3 is 11.7 Å². The van der Waals surface area contributed by atoms with E-state index in [1.165, 1.54) is 21.9 Å². The van der Waals surface area contributed by atoms with Crippen LogP contribution in [-0.4, -0.2) is 73.8 Å². The molecule has 3 rings (SSSR count). The Labute approximate surface area is 170 Å². The van der Waals surface area contributed by atoms with E-state index in [-0.39, 0.29) is 30.3 Å². The normalized spacial score (nSPS) is 19.0. The highest BCUT2D eigenvalue weighted by Gasteiger charge is 2.57. The first kappa shape index (κ1) is 21.0. The molecular formula is C20H29N5O4. The van der Waals surface area contributed by atoms with Crippen molar-refractivity contribution in [1.29, 1.82) is 0 Å². The highest BCUT2D eigenvalue weighted by atomic mass is 16.2. The number of imide groups is 1. The van der Waals surface area contributed by atoms with Crippen molar-refractivity contribution < 1.29 is 14.4 Å². The fourth-order valence-corrected chi connectivity index (χ4v) is 4.18. The Morgan fingerprint density at radius 2 is 1.90 bits per heavy atom. The van der Waals surface area contributed by atoms with Gasteiger partial charge in [0.25, 0.3) is 5.91 Å². The maximum Gasteiger partial charge on any atom is 0.347 e. The standard InChI is InChI=1S/C20H29N5O4/c1-4-9-24-17(27)20(25(19(24)29)13-15(2)3)6-11-22(12-7-20)16(26)14-23-10-5-8-21-18(23)28/h5,8,10,15H,4,6-7,9,11-14H2,1-3H3. The average molecular weight is 403 g/mol. The maximum absolute atomic E-state index is 13.2. The molecule has 4 amide bonds. The molecule has 2 aliphatic heterocycles. The zero-order valence-electron chi connectivity index (χ0n) is 17.3. The lowest BCUT2D eigenvalue weighted by Crippen LogP contribution is -2.58. The molecule has 29 heavy (non-hydrogen) atoms. The minimum atomic E-state index is -0.863. The van der Waals surface area contributed by atoms with Gasteiger partial charge in [0.05, 0.1) is 0 Å². The predicted molar refractivity (Wildman–Crippen MR) is 106 cm³/mol. The average Bonchev–Trinajstić information content (AvgIpc) is 2.87. The van der Waals surface area contributed by atoms with E-state index >= 15 is 0 Å². The molecule has 0 atom stereocenters. The number of hydrogen-bond acceptors (Lipinski definition) is 5. The fraction of sp³-hybridized carbons (Fsp3) is 0.650. The molecule has 2 aliphatic rings. The Balaban J connectivity index is 1.74. The van der Waals surface area contributed by atoms with Crippen molar-refractivity contribution in [2.24, 2.45) is 5.92 Å². The van der Waals surface area contributed by atoms with Crippen LogP contribution < -0.4 is 5.69 Å². The number of nitrogens with zero attached hydrogens (tertiary/aromatic N) is 5. The summed E-state index contributed by atoms with van der Waals surface area (Å²) >= 11 is 0. The number of aromatic nitrogens is 2. The fourth-order valence-electron chi connectivity index (χ4n) is 4.18. The number of rotatable bonds is 6. The van der Waals surface area contributed by atoms with Gasteiger partial charge in [-0.15, -0.1) is 0 Å². The summed E-state index contributed by atoms with van der Waals surface area (Å²) in [5.41, 5.74) is -1.33. The van der Waals surface area contributed by atoms with Crippen LogP contribution in [0.5, 0.6) is 0 Å². The molecule has 0 radical (unpaired) electrons. The summed E-state index contributed by atoms with van der Waals surface area (Å²) in [4.78, 5) is 58.9. The molecule has 1 spiro atoms. The zero-order valence-corrected chi connectivity index (χ0v) is 17.3. The SMILES string of the molecule is CCCN1C(=O)N(CC(C)C)C2(CCN(C(=O)Cn3cccnc3=O)CC2)C1=O. The summed E-state index contributed by atoms with van der Waals surface area (Å²) in [5, 5.41) is 0. The van der Waals surface area contributed by atoms with Crippen molar-refractivity contribution in [2.45, 2.75) is 52.1 Å². The third-order valence-corrected chi connectivity index (χ3v) is 5.65. The topological polar surface area (TPSA) is 95.8 Å². The van der Waals surface area contributed by atoms with Gasteiger partial charge in [-0.2, -0.15) is 0 Å². The van der Waals surface area contributed by atoms with Crippen molar-refractivity contribution in [3.63, 3.8) is 0 Å². The van der Waals surface area contributed by atoms with Crippen molar-refractivity contribution in [3.05, 3.63) is 28.9 Å². The molecule has 9 heteroatoms. The van der Waals surface area contributed by atoms with E-state index in [0.29, 0.717) is 45.4 Å². The summed E-state index contributed by atoms with van der Waals surface area (Å²) < 4.78 is 1.27. The van der Waals surface area contributed by atoms with Crippen LogP contribution >= 0.6 is 0 Å². The Hall–Kier alpha value is -2.71. The lowest BCUT2D eigenvalue weighted by Gasteiger charge is -2.42. The lowest BCUT2D eigenvalue weighted by atomic mass is 9.85. The number of carbonyl (C=O) groups excluding carboxylic acids is 3. The summed E-state index contributed by atoms with van der Waals surface area (Å²) in [7, 11) is 0. The van der Waals surface area contributed by atoms with Crippen LogP contribution in [0.4, 0.5) is 4.79 Å². The van der Waals surface area contributed by atoms with E-state index in [1.807, 2.05) is 20.8 Å². The quantitative estimate of drug-likeness (QED) is 0.659. The van der Waals surface area contributed by atoms with Crippen LogP contribution in [0.25, 0.3) is 0 Å². The Bertz CT molecular complexity index is 841. The van der Waals surface area contributed by atoms with Gasteiger partial charge in [0, 0.05) is 38.6 Å². The van der Waals surface area contributed by atoms with Crippen LogP contribution in [0.2, 0.25) is 0 Å². The molecule has 0 aliphatic carbocycles. The van der Waals surface area contributed by atoms with Crippen LogP contribution in [-0.2, 0) is 16.1 Å². The van der Waals surface area contributed by atoms with Crippen molar-refractivity contribution >= 4 is 17.8 Å². The third kappa shape index (κ3) is 3.90. The number of likely N-dealkylation sites (tertiary alicyclic amines) is 1. The van der Waals surface area contributed by atoms with Gasteiger partial charge in [-0.3, -0.25) is 19.1 Å². The molecule has 158 valence electrons. The number of piperidine rings is 1. The van der Waals surface area contributed by atoms with Gasteiger partial charge in [-0.05, 0) is 31.2 Å². The van der Waals surface area contributed by atoms with E-state index in [2.05, 4.69) is 4.98 Å². The Morgan fingerprint density at radius 3 is 2.48 bits per heavy atom. The second-order valence-electron chi connectivity index (χ2n) is 8.19. The van der Waals surface area contributed by atoms with Gasteiger partial charge in [-0.25, -0.2) is 14.6 Å². The predicted octanol–water partition coefficient (Wildman–Crippen LogP) is 0.935. The number of carbonyl (C=O) groups is 3. The molecule has 3 heterocycles. The summed E-state index contributed by atoms with van der Waals surface area (Å²) in [6, 6.07) is 1.39. The molecule has 0 unspecified atom stereocenters. The highest BCUT2D eigenvalue weighted by Crippen LogP contribution is 2.38. The highest BCUT2D eigenvalue weighted by molar-refractivity contribution is 6.07. The van der Waals surface area contributed by atoms with Crippen molar-refractivity contribution in [3.8, 4) is 0 Å². The van der Waals surface area contributed by atoms with E-state index in [4.69, 9.17) is 0 Å². The van der Waals surface area contributed by atoms with Gasteiger partial charge in [0.2, 0.25) is 5.91 Å². The molecule has 1 aromatic heterocycles. The third-order valence-electron chi connectivity index (χ3n) is 5.65. The molecule has 2 saturated heterocycles. The van der Waals surface area contributed by atoms with Crippen molar-refractivity contribution in [2.75, 3.05) is 26.2 Å². The summed E-state index contributed by atoms with van der Waals surface area (Å²) in [6.45, 7) is 7.61. The molecule has 0 N–H and O–H groups in total. The van der Waals surface area contributed by atoms with E-state index < -0.39 is 11.2 Å². The van der Waals surface area contributed by atoms with Crippen LogP contribution in [0.15, 0.2) is 23.3 Å². The van der Waals surface area contributed by atoms with Crippen LogP contribution in [0.3, 0.4) is 0 Å². The summed E-state index contributed by atoms with van der Waals surface area (Å²) in [5.74, 6) is -0.0876. The maximum atomic E-state index is 13.2. The molecule has 0 bridgehead atoms. The Morgan fingerprint density at radius 1 is 1.21 bits per heavy atom. The zero-order chi connectivity index (χ0) is 21.2. The first-order valence-corrected chi connectivity index (χ1v) is 10.2. The summed E-state index contributed by atoms with van der Waals surface area (Å²) in [6.07, 6.45) is 4.47. The monoisotopic (exact) mass is 403 g/mol. The van der Waals surface area contributed by atoms with Gasteiger partial charge in [-0.1, -0.05) is 20.8 Å². The molecule has 9 nitrogen and oxygen atoms in total. The van der Waals surface area contributed by atoms with E-state index in [1.54, 1.807) is 15.9 Å². The number of amides is 4. The Kier molecular flexibility index (Phi) is 6.04. The second kappa shape index (κ2) is 8.34. The largest absolute Gasteiger partial charge is 0.347 e. The second-order valence-corrected chi connectivity index (χ2v) is 8.19. The molecule has 2 fully saturated rings. The van der Waals surface area contributed by atoms with E-state index in [9.17, 15) is 19.2 Å². The van der Waals surface area contributed by atoms with Crippen molar-refractivity contribution in [1.82, 2.24) is 24.3 Å². The van der Waals surface area contributed by atoms with Gasteiger partial charge in [0.1, 0.15) is 12.1 Å².